The molecule has 0 fully saturated rings. The zero-order chi connectivity index (χ0) is 10.6. The van der Waals surface area contributed by atoms with Crippen molar-refractivity contribution < 1.29 is 4.84 Å². The highest BCUT2D eigenvalue weighted by Crippen LogP contribution is 2.21. The lowest BCUT2D eigenvalue weighted by molar-refractivity contribution is 0.229. The summed E-state index contributed by atoms with van der Waals surface area (Å²) < 4.78 is 0.844. The van der Waals surface area contributed by atoms with Gasteiger partial charge in [0.1, 0.15) is 6.07 Å². The molecule has 4 heteroatoms. The second-order valence-corrected chi connectivity index (χ2v) is 3.65. The first kappa shape index (κ1) is 10.6. The van der Waals surface area contributed by atoms with Gasteiger partial charge in [0.25, 0.3) is 0 Å². The normalized spacial score (nSPS) is 8.93. The first-order chi connectivity index (χ1) is 6.63. The number of nitrogens with zero attached hydrogens (tertiary/aromatic N) is 1. The number of halogens is 1. The number of nitrogens with one attached hydrogen (secondary N) is 1. The minimum Gasteiger partial charge on any atom is -0.381 e. The molecule has 0 aliphatic heterocycles. The van der Waals surface area contributed by atoms with E-state index < -0.39 is 0 Å². The molecule has 0 spiro atoms. The van der Waals surface area contributed by atoms with Gasteiger partial charge in [0.2, 0.25) is 0 Å². The van der Waals surface area contributed by atoms with Gasteiger partial charge in [-0.3, -0.25) is 0 Å². The van der Waals surface area contributed by atoms with Crippen LogP contribution in [0.25, 0.3) is 0 Å². The third kappa shape index (κ3) is 2.79. The summed E-state index contributed by atoms with van der Waals surface area (Å²) in [5.74, 6) is 0.485. The number of rotatable bonds is 3. The van der Waals surface area contributed by atoms with Crippen molar-refractivity contribution in [3.8, 4) is 11.8 Å². The monoisotopic (exact) mass is 252 g/mol. The van der Waals surface area contributed by atoms with Gasteiger partial charge in [-0.15, -0.1) is 0 Å². The molecule has 1 N–H and O–H groups in total. The van der Waals surface area contributed by atoms with Crippen molar-refractivity contribution in [2.24, 2.45) is 0 Å². The van der Waals surface area contributed by atoms with Crippen LogP contribution in [0.15, 0.2) is 34.9 Å². The highest BCUT2D eigenvalue weighted by molar-refractivity contribution is 9.10. The lowest BCUT2D eigenvalue weighted by Crippen LogP contribution is -2.15. The van der Waals surface area contributed by atoms with Crippen LogP contribution in [0.5, 0.6) is 5.75 Å². The third-order valence-corrected chi connectivity index (χ3v) is 1.89. The van der Waals surface area contributed by atoms with Gasteiger partial charge in [0, 0.05) is 10.2 Å². The van der Waals surface area contributed by atoms with Crippen molar-refractivity contribution in [3.63, 3.8) is 0 Å². The SMILES string of the molecule is C=C(C)NOc1ccc(Br)cc1C#N. The minimum absolute atomic E-state index is 0.466. The Kier molecular flexibility index (Phi) is 3.55. The zero-order valence-corrected chi connectivity index (χ0v) is 9.26. The molecule has 1 aromatic rings. The predicted molar refractivity (Wildman–Crippen MR) is 57.4 cm³/mol. The first-order valence-electron chi connectivity index (χ1n) is 3.91. The van der Waals surface area contributed by atoms with Crippen molar-refractivity contribution in [1.29, 1.82) is 5.26 Å². The Morgan fingerprint density at radius 3 is 2.93 bits per heavy atom. The van der Waals surface area contributed by atoms with Gasteiger partial charge in [-0.2, -0.15) is 5.26 Å². The fraction of sp³-hybridized carbons (Fsp3) is 0.100. The molecule has 0 radical (unpaired) electrons. The molecule has 0 saturated carbocycles. The average molecular weight is 253 g/mol. The van der Waals surface area contributed by atoms with Crippen molar-refractivity contribution in [3.05, 3.63) is 40.5 Å². The molecule has 0 saturated heterocycles. The summed E-state index contributed by atoms with van der Waals surface area (Å²) in [4.78, 5) is 5.15. The molecule has 0 aliphatic rings. The summed E-state index contributed by atoms with van der Waals surface area (Å²) in [6.07, 6.45) is 0. The van der Waals surface area contributed by atoms with Crippen LogP contribution in [0.4, 0.5) is 0 Å². The Morgan fingerprint density at radius 2 is 2.36 bits per heavy atom. The largest absolute Gasteiger partial charge is 0.381 e. The Labute approximate surface area is 91.1 Å². The highest BCUT2D eigenvalue weighted by atomic mass is 79.9. The van der Waals surface area contributed by atoms with Crippen LogP contribution in [0, 0.1) is 11.3 Å². The molecule has 14 heavy (non-hydrogen) atoms. The van der Waals surface area contributed by atoms with E-state index in [-0.39, 0.29) is 0 Å². The molecular formula is C10H9BrN2O. The summed E-state index contributed by atoms with van der Waals surface area (Å²) in [5, 5.41) is 8.81. The first-order valence-corrected chi connectivity index (χ1v) is 4.71. The number of allylic oxidation sites excluding steroid dienone is 1. The molecule has 0 atom stereocenters. The molecule has 0 unspecified atom stereocenters. The number of benzene rings is 1. The van der Waals surface area contributed by atoms with Crippen LogP contribution in [0.3, 0.4) is 0 Å². The number of hydroxylamine groups is 1. The predicted octanol–water partition coefficient (Wildman–Crippen LogP) is 2.74. The van der Waals surface area contributed by atoms with Gasteiger partial charge in [-0.1, -0.05) is 22.5 Å². The van der Waals surface area contributed by atoms with E-state index in [0.29, 0.717) is 17.0 Å². The van der Waals surface area contributed by atoms with Crippen molar-refractivity contribution in [1.82, 2.24) is 5.48 Å². The maximum Gasteiger partial charge on any atom is 0.172 e. The standard InChI is InChI=1S/C10H9BrN2O/c1-7(2)13-14-10-4-3-9(11)5-8(10)6-12/h3-5,13H,1H2,2H3. The van der Waals surface area contributed by atoms with E-state index in [1.165, 1.54) is 0 Å². The Bertz CT molecular complexity index is 396. The smallest absolute Gasteiger partial charge is 0.172 e. The Balaban J connectivity index is 2.87. The summed E-state index contributed by atoms with van der Waals surface area (Å²) in [7, 11) is 0. The van der Waals surface area contributed by atoms with Crippen molar-refractivity contribution >= 4 is 15.9 Å². The molecule has 1 rings (SSSR count). The summed E-state index contributed by atoms with van der Waals surface area (Å²) in [6, 6.07) is 7.23. The van der Waals surface area contributed by atoms with Gasteiger partial charge in [-0.05, 0) is 25.1 Å². The van der Waals surface area contributed by atoms with Crippen LogP contribution in [0.2, 0.25) is 0 Å². The molecule has 0 aromatic heterocycles. The van der Waals surface area contributed by atoms with Gasteiger partial charge >= 0.3 is 0 Å². The van der Waals surface area contributed by atoms with E-state index in [0.717, 1.165) is 4.47 Å². The van der Waals surface area contributed by atoms with Crippen LogP contribution >= 0.6 is 15.9 Å². The topological polar surface area (TPSA) is 45.0 Å². The molecule has 0 heterocycles. The lowest BCUT2D eigenvalue weighted by atomic mass is 10.2. The maximum absolute atomic E-state index is 8.81. The summed E-state index contributed by atoms with van der Waals surface area (Å²) >= 11 is 3.27. The minimum atomic E-state index is 0.466. The Hall–Kier alpha value is -1.47. The number of hydrogen-bond acceptors (Lipinski definition) is 3. The molecule has 0 aliphatic carbocycles. The van der Waals surface area contributed by atoms with Gasteiger partial charge in [-0.25, -0.2) is 5.48 Å². The zero-order valence-electron chi connectivity index (χ0n) is 7.67. The molecule has 0 amide bonds. The molecule has 1 aromatic carbocycles. The van der Waals surface area contributed by atoms with Crippen molar-refractivity contribution in [2.75, 3.05) is 0 Å². The molecule has 72 valence electrons. The van der Waals surface area contributed by atoms with Crippen LogP contribution < -0.4 is 10.3 Å². The van der Waals surface area contributed by atoms with E-state index >= 15 is 0 Å². The quantitative estimate of drug-likeness (QED) is 0.842. The van der Waals surface area contributed by atoms with Gasteiger partial charge in [0.05, 0.1) is 5.56 Å². The van der Waals surface area contributed by atoms with Gasteiger partial charge in [0.15, 0.2) is 5.75 Å². The second-order valence-electron chi connectivity index (χ2n) is 2.74. The average Bonchev–Trinajstić information content (AvgIpc) is 2.15. The van der Waals surface area contributed by atoms with E-state index in [1.54, 1.807) is 25.1 Å². The second kappa shape index (κ2) is 4.68. The lowest BCUT2D eigenvalue weighted by Gasteiger charge is -2.08. The fourth-order valence-corrected chi connectivity index (χ4v) is 1.18. The number of hydrogen-bond donors (Lipinski definition) is 1. The summed E-state index contributed by atoms with van der Waals surface area (Å²) in [5.41, 5.74) is 3.74. The van der Waals surface area contributed by atoms with E-state index in [1.807, 2.05) is 6.07 Å². The van der Waals surface area contributed by atoms with E-state index in [9.17, 15) is 0 Å². The summed E-state index contributed by atoms with van der Waals surface area (Å²) in [6.45, 7) is 5.38. The Morgan fingerprint density at radius 1 is 1.64 bits per heavy atom. The highest BCUT2D eigenvalue weighted by Gasteiger charge is 2.03. The van der Waals surface area contributed by atoms with Gasteiger partial charge < -0.3 is 4.84 Å². The third-order valence-electron chi connectivity index (χ3n) is 1.40. The van der Waals surface area contributed by atoms with Crippen LogP contribution in [-0.2, 0) is 0 Å². The van der Waals surface area contributed by atoms with Crippen LogP contribution in [-0.4, -0.2) is 0 Å². The molecule has 0 bridgehead atoms. The molecule has 3 nitrogen and oxygen atoms in total. The number of nitriles is 1. The van der Waals surface area contributed by atoms with E-state index in [4.69, 9.17) is 10.1 Å². The maximum atomic E-state index is 8.81. The van der Waals surface area contributed by atoms with Crippen LogP contribution in [0.1, 0.15) is 12.5 Å². The molecular weight excluding hydrogens is 244 g/mol. The fourth-order valence-electron chi connectivity index (χ4n) is 0.821. The van der Waals surface area contributed by atoms with Crippen molar-refractivity contribution in [2.45, 2.75) is 6.92 Å². The van der Waals surface area contributed by atoms with E-state index in [2.05, 4.69) is 28.0 Å².